The predicted molar refractivity (Wildman–Crippen MR) is 75.8 cm³/mol. The van der Waals surface area contributed by atoms with E-state index in [4.69, 9.17) is 0 Å². The Hall–Kier alpha value is -2.91. The van der Waals surface area contributed by atoms with Gasteiger partial charge in [0.25, 0.3) is 11.9 Å². The summed E-state index contributed by atoms with van der Waals surface area (Å²) in [5, 5.41) is 3.56. The third kappa shape index (κ3) is 3.36. The number of urea groups is 1. The summed E-state index contributed by atoms with van der Waals surface area (Å²) in [6, 6.07) is 8.37. The van der Waals surface area contributed by atoms with Crippen LogP contribution in [0.25, 0.3) is 0 Å². The standard InChI is InChI=1S/C14H12F3N5O2/c15-14(16,17)8-21-9-18-12(19-21)22-11(23)7-20(13(22)24)6-10-4-2-1-3-5-10/h1-5,9H,6-8H2. The number of carbonyl (C=O) groups excluding carboxylic acids is 2. The van der Waals surface area contributed by atoms with Crippen molar-refractivity contribution in [2.45, 2.75) is 19.3 Å². The van der Waals surface area contributed by atoms with E-state index in [1.165, 1.54) is 4.90 Å². The van der Waals surface area contributed by atoms with E-state index in [9.17, 15) is 22.8 Å². The predicted octanol–water partition coefficient (Wildman–Crippen LogP) is 1.81. The van der Waals surface area contributed by atoms with Crippen molar-refractivity contribution in [1.29, 1.82) is 0 Å². The monoisotopic (exact) mass is 339 g/mol. The lowest BCUT2D eigenvalue weighted by Crippen LogP contribution is -2.33. The van der Waals surface area contributed by atoms with Crippen molar-refractivity contribution >= 4 is 17.9 Å². The van der Waals surface area contributed by atoms with Gasteiger partial charge >= 0.3 is 12.2 Å². The molecule has 0 unspecified atom stereocenters. The lowest BCUT2D eigenvalue weighted by Gasteiger charge is -2.15. The first kappa shape index (κ1) is 16.0. The zero-order valence-corrected chi connectivity index (χ0v) is 12.3. The summed E-state index contributed by atoms with van der Waals surface area (Å²) in [6.45, 7) is -1.31. The average Bonchev–Trinajstić information content (AvgIpc) is 3.03. The number of aromatic nitrogens is 3. The van der Waals surface area contributed by atoms with E-state index in [2.05, 4.69) is 10.1 Å². The summed E-state index contributed by atoms with van der Waals surface area (Å²) >= 11 is 0. The van der Waals surface area contributed by atoms with Gasteiger partial charge in [0.1, 0.15) is 19.4 Å². The van der Waals surface area contributed by atoms with Crippen LogP contribution in [0.2, 0.25) is 0 Å². The van der Waals surface area contributed by atoms with Gasteiger partial charge in [-0.2, -0.15) is 23.1 Å². The number of anilines is 1. The quantitative estimate of drug-likeness (QED) is 0.797. The number of imide groups is 1. The Morgan fingerprint density at radius 2 is 1.83 bits per heavy atom. The van der Waals surface area contributed by atoms with E-state index in [0.717, 1.165) is 11.9 Å². The van der Waals surface area contributed by atoms with Crippen molar-refractivity contribution in [2.24, 2.45) is 0 Å². The van der Waals surface area contributed by atoms with Crippen LogP contribution in [0.4, 0.5) is 23.9 Å². The van der Waals surface area contributed by atoms with Crippen LogP contribution in [0.15, 0.2) is 36.7 Å². The van der Waals surface area contributed by atoms with E-state index in [1.54, 1.807) is 24.3 Å². The Labute approximate surface area is 134 Å². The molecule has 0 aliphatic carbocycles. The van der Waals surface area contributed by atoms with Gasteiger partial charge in [0.2, 0.25) is 0 Å². The highest BCUT2D eigenvalue weighted by atomic mass is 19.4. The van der Waals surface area contributed by atoms with Crippen LogP contribution in [0.3, 0.4) is 0 Å². The highest BCUT2D eigenvalue weighted by molar-refractivity contribution is 6.18. The molecule has 1 aromatic carbocycles. The molecule has 24 heavy (non-hydrogen) atoms. The van der Waals surface area contributed by atoms with Crippen molar-refractivity contribution in [3.8, 4) is 0 Å². The Morgan fingerprint density at radius 1 is 1.12 bits per heavy atom. The normalized spacial score (nSPS) is 15.5. The first-order valence-electron chi connectivity index (χ1n) is 6.95. The molecule has 0 saturated carbocycles. The van der Waals surface area contributed by atoms with Crippen LogP contribution >= 0.6 is 0 Å². The topological polar surface area (TPSA) is 71.3 Å². The van der Waals surface area contributed by atoms with E-state index < -0.39 is 24.7 Å². The van der Waals surface area contributed by atoms with Gasteiger partial charge in [-0.25, -0.2) is 9.48 Å². The lowest BCUT2D eigenvalue weighted by atomic mass is 10.2. The van der Waals surface area contributed by atoms with Crippen molar-refractivity contribution in [3.63, 3.8) is 0 Å². The van der Waals surface area contributed by atoms with Gasteiger partial charge in [0.05, 0.1) is 0 Å². The molecule has 1 aliphatic heterocycles. The van der Waals surface area contributed by atoms with Gasteiger partial charge in [-0.1, -0.05) is 30.3 Å². The highest BCUT2D eigenvalue weighted by Crippen LogP contribution is 2.21. The van der Waals surface area contributed by atoms with E-state index in [1.807, 2.05) is 6.07 Å². The van der Waals surface area contributed by atoms with Crippen LogP contribution in [0.5, 0.6) is 0 Å². The molecule has 2 aromatic rings. The largest absolute Gasteiger partial charge is 0.408 e. The van der Waals surface area contributed by atoms with Gasteiger partial charge < -0.3 is 4.90 Å². The van der Waals surface area contributed by atoms with Gasteiger partial charge in [-0.15, -0.1) is 5.10 Å². The zero-order valence-electron chi connectivity index (χ0n) is 12.3. The number of halogens is 3. The molecular weight excluding hydrogens is 327 g/mol. The molecule has 3 amide bonds. The van der Waals surface area contributed by atoms with E-state index in [-0.39, 0.29) is 19.0 Å². The first-order valence-corrected chi connectivity index (χ1v) is 6.95. The molecule has 126 valence electrons. The minimum absolute atomic E-state index is 0.179. The van der Waals surface area contributed by atoms with Crippen LogP contribution in [-0.2, 0) is 17.9 Å². The molecule has 7 nitrogen and oxygen atoms in total. The number of benzene rings is 1. The second kappa shape index (κ2) is 5.95. The van der Waals surface area contributed by atoms with Crippen LogP contribution in [0, 0.1) is 0 Å². The summed E-state index contributed by atoms with van der Waals surface area (Å²) in [5.74, 6) is -0.939. The van der Waals surface area contributed by atoms with E-state index >= 15 is 0 Å². The van der Waals surface area contributed by atoms with Crippen LogP contribution in [0.1, 0.15) is 5.56 Å². The molecule has 0 N–H and O–H groups in total. The number of hydrogen-bond acceptors (Lipinski definition) is 4. The zero-order chi connectivity index (χ0) is 17.3. The fourth-order valence-electron chi connectivity index (χ4n) is 2.32. The molecule has 1 fully saturated rings. The summed E-state index contributed by atoms with van der Waals surface area (Å²) in [5.41, 5.74) is 0.830. The minimum Gasteiger partial charge on any atom is -0.310 e. The van der Waals surface area contributed by atoms with Gasteiger partial charge in [0, 0.05) is 6.54 Å². The van der Waals surface area contributed by atoms with Crippen LogP contribution < -0.4 is 4.90 Å². The van der Waals surface area contributed by atoms with Gasteiger partial charge in [-0.05, 0) is 5.56 Å². The van der Waals surface area contributed by atoms with Crippen molar-refractivity contribution in [1.82, 2.24) is 19.7 Å². The summed E-state index contributed by atoms with van der Waals surface area (Å²) in [4.78, 5) is 30.0. The summed E-state index contributed by atoms with van der Waals surface area (Å²) in [7, 11) is 0. The molecular formula is C14H12F3N5O2. The SMILES string of the molecule is O=C1CN(Cc2ccccc2)C(=O)N1c1ncn(CC(F)(F)F)n1. The summed E-state index contributed by atoms with van der Waals surface area (Å²) in [6.07, 6.45) is -3.63. The number of rotatable bonds is 4. The smallest absolute Gasteiger partial charge is 0.310 e. The second-order valence-corrected chi connectivity index (χ2v) is 5.21. The maximum Gasteiger partial charge on any atom is 0.408 e. The Balaban J connectivity index is 1.75. The summed E-state index contributed by atoms with van der Waals surface area (Å²) < 4.78 is 37.6. The number of carbonyl (C=O) groups is 2. The van der Waals surface area contributed by atoms with Gasteiger partial charge in [-0.3, -0.25) is 4.79 Å². The molecule has 2 heterocycles. The van der Waals surface area contributed by atoms with Crippen molar-refractivity contribution in [2.75, 3.05) is 11.4 Å². The third-order valence-corrected chi connectivity index (χ3v) is 3.32. The van der Waals surface area contributed by atoms with Crippen LogP contribution in [-0.4, -0.2) is 44.3 Å². The Morgan fingerprint density at radius 3 is 2.50 bits per heavy atom. The van der Waals surface area contributed by atoms with Crippen molar-refractivity contribution in [3.05, 3.63) is 42.2 Å². The number of alkyl halides is 3. The molecule has 0 bridgehead atoms. The van der Waals surface area contributed by atoms with E-state index in [0.29, 0.717) is 9.58 Å². The highest BCUT2D eigenvalue weighted by Gasteiger charge is 2.39. The molecule has 1 saturated heterocycles. The van der Waals surface area contributed by atoms with Crippen molar-refractivity contribution < 1.29 is 22.8 Å². The maximum atomic E-state index is 12.3. The first-order chi connectivity index (χ1) is 11.3. The minimum atomic E-state index is -4.47. The maximum absolute atomic E-state index is 12.3. The Kier molecular flexibility index (Phi) is 3.96. The number of nitrogens with zero attached hydrogens (tertiary/aromatic N) is 5. The molecule has 1 aliphatic rings. The number of hydrogen-bond donors (Lipinski definition) is 0. The average molecular weight is 339 g/mol. The Bertz CT molecular complexity index is 759. The molecule has 0 atom stereocenters. The molecule has 3 rings (SSSR count). The fraction of sp³-hybridized carbons (Fsp3) is 0.286. The third-order valence-electron chi connectivity index (χ3n) is 3.32. The second-order valence-electron chi connectivity index (χ2n) is 5.21. The van der Waals surface area contributed by atoms with Gasteiger partial charge in [0.15, 0.2) is 0 Å². The molecule has 10 heteroatoms. The molecule has 1 aromatic heterocycles. The lowest BCUT2D eigenvalue weighted by molar-refractivity contribution is -0.142. The number of amides is 3. The fourth-order valence-corrected chi connectivity index (χ4v) is 2.32. The molecule has 0 spiro atoms. The molecule has 0 radical (unpaired) electrons.